The van der Waals surface area contributed by atoms with Gasteiger partial charge in [0.1, 0.15) is 11.4 Å². The quantitative estimate of drug-likeness (QED) is 0.790. The summed E-state index contributed by atoms with van der Waals surface area (Å²) in [6, 6.07) is 15.8. The summed E-state index contributed by atoms with van der Waals surface area (Å²) in [4.78, 5) is 0. The van der Waals surface area contributed by atoms with E-state index in [1.807, 2.05) is 55.5 Å². The van der Waals surface area contributed by atoms with Gasteiger partial charge in [-0.05, 0) is 13.0 Å². The molecule has 21 heavy (non-hydrogen) atoms. The van der Waals surface area contributed by atoms with Gasteiger partial charge in [-0.3, -0.25) is 0 Å². The summed E-state index contributed by atoms with van der Waals surface area (Å²) in [6.07, 6.45) is 0. The molecule has 2 N–H and O–H groups in total. The third kappa shape index (κ3) is 2.36. The topological polar surface area (TPSA) is 61.3 Å². The van der Waals surface area contributed by atoms with E-state index in [1.54, 1.807) is 7.11 Å². The highest BCUT2D eigenvalue weighted by Gasteiger charge is 2.20. The van der Waals surface area contributed by atoms with E-state index in [-0.39, 0.29) is 5.88 Å². The first kappa shape index (κ1) is 13.2. The summed E-state index contributed by atoms with van der Waals surface area (Å²) in [7, 11) is 1.63. The standard InChI is InChI=1S/C17H16N2O2/c1-11-7-9-12(10-8-11)16-15(17(18)21-19-16)13-5-3-4-6-14(13)20-2/h3-10H,18H2,1-2H3. The Labute approximate surface area is 123 Å². The molecule has 0 aliphatic rings. The first-order valence-electron chi connectivity index (χ1n) is 6.66. The number of nitrogens with zero attached hydrogens (tertiary/aromatic N) is 1. The van der Waals surface area contributed by atoms with Gasteiger partial charge in [0, 0.05) is 11.1 Å². The first-order valence-corrected chi connectivity index (χ1v) is 6.66. The summed E-state index contributed by atoms with van der Waals surface area (Å²) in [6.45, 7) is 2.04. The SMILES string of the molecule is COc1ccccc1-c1c(-c2ccc(C)cc2)noc1N. The van der Waals surface area contributed by atoms with Crippen molar-refractivity contribution < 1.29 is 9.26 Å². The Hall–Kier alpha value is -2.75. The highest BCUT2D eigenvalue weighted by molar-refractivity contribution is 5.89. The number of nitrogens with two attached hydrogens (primary N) is 1. The van der Waals surface area contributed by atoms with E-state index >= 15 is 0 Å². The van der Waals surface area contributed by atoms with E-state index in [0.717, 1.165) is 28.1 Å². The van der Waals surface area contributed by atoms with Crippen LogP contribution in [0.3, 0.4) is 0 Å². The summed E-state index contributed by atoms with van der Waals surface area (Å²) in [5.74, 6) is 1.02. The highest BCUT2D eigenvalue weighted by Crippen LogP contribution is 2.40. The van der Waals surface area contributed by atoms with Crippen LogP contribution < -0.4 is 10.5 Å². The largest absolute Gasteiger partial charge is 0.496 e. The van der Waals surface area contributed by atoms with Crippen molar-refractivity contribution in [1.82, 2.24) is 5.16 Å². The van der Waals surface area contributed by atoms with Gasteiger partial charge in [0.2, 0.25) is 5.88 Å². The number of aryl methyl sites for hydroxylation is 1. The molecule has 4 heteroatoms. The highest BCUT2D eigenvalue weighted by atomic mass is 16.5. The van der Waals surface area contributed by atoms with Gasteiger partial charge >= 0.3 is 0 Å². The molecule has 1 aromatic heterocycles. The molecule has 0 bridgehead atoms. The zero-order valence-electron chi connectivity index (χ0n) is 12.0. The summed E-state index contributed by atoms with van der Waals surface area (Å²) in [5.41, 5.74) is 10.5. The average Bonchev–Trinajstić information content (AvgIpc) is 2.89. The summed E-state index contributed by atoms with van der Waals surface area (Å²) >= 11 is 0. The molecule has 0 saturated heterocycles. The Kier molecular flexibility index (Phi) is 3.36. The minimum Gasteiger partial charge on any atom is -0.496 e. The third-order valence-corrected chi connectivity index (χ3v) is 3.42. The maximum atomic E-state index is 5.98. The summed E-state index contributed by atoms with van der Waals surface area (Å²) < 4.78 is 10.6. The Bertz CT molecular complexity index is 761. The van der Waals surface area contributed by atoms with Gasteiger partial charge in [-0.2, -0.15) is 0 Å². The van der Waals surface area contributed by atoms with Crippen LogP contribution in [0.1, 0.15) is 5.56 Å². The predicted molar refractivity (Wildman–Crippen MR) is 83.1 cm³/mol. The molecule has 0 radical (unpaired) electrons. The van der Waals surface area contributed by atoms with Crippen LogP contribution in [0, 0.1) is 6.92 Å². The Balaban J connectivity index is 2.20. The minimum absolute atomic E-state index is 0.287. The second-order valence-electron chi connectivity index (χ2n) is 4.84. The number of methoxy groups -OCH3 is 1. The number of aromatic nitrogens is 1. The first-order chi connectivity index (χ1) is 10.2. The van der Waals surface area contributed by atoms with Crippen molar-refractivity contribution in [3.8, 4) is 28.1 Å². The maximum Gasteiger partial charge on any atom is 0.230 e. The molecule has 0 aliphatic heterocycles. The van der Waals surface area contributed by atoms with Gasteiger partial charge < -0.3 is 15.0 Å². The molecule has 0 spiro atoms. The molecule has 3 aromatic rings. The fourth-order valence-corrected chi connectivity index (χ4v) is 2.32. The van der Waals surface area contributed by atoms with E-state index in [2.05, 4.69) is 5.16 Å². The van der Waals surface area contributed by atoms with Crippen molar-refractivity contribution in [3.63, 3.8) is 0 Å². The molecule has 106 valence electrons. The molecule has 1 heterocycles. The summed E-state index contributed by atoms with van der Waals surface area (Å²) in [5, 5.41) is 4.11. The number of nitrogen functional groups attached to an aromatic ring is 1. The lowest BCUT2D eigenvalue weighted by Gasteiger charge is -2.08. The number of anilines is 1. The van der Waals surface area contributed by atoms with Crippen molar-refractivity contribution in [1.29, 1.82) is 0 Å². The van der Waals surface area contributed by atoms with Crippen LogP contribution in [0.4, 0.5) is 5.88 Å². The van der Waals surface area contributed by atoms with Crippen LogP contribution in [0.15, 0.2) is 53.1 Å². The predicted octanol–water partition coefficient (Wildman–Crippen LogP) is 3.91. The normalized spacial score (nSPS) is 10.6. The molecule has 2 aromatic carbocycles. The number of hydrogen-bond acceptors (Lipinski definition) is 4. The van der Waals surface area contributed by atoms with Gasteiger partial charge in [0.15, 0.2) is 0 Å². The van der Waals surface area contributed by atoms with Gasteiger partial charge in [-0.25, -0.2) is 0 Å². The van der Waals surface area contributed by atoms with Crippen molar-refractivity contribution >= 4 is 5.88 Å². The number of rotatable bonds is 3. The van der Waals surface area contributed by atoms with Gasteiger partial charge in [0.25, 0.3) is 0 Å². The molecule has 0 unspecified atom stereocenters. The monoisotopic (exact) mass is 280 g/mol. The van der Waals surface area contributed by atoms with E-state index < -0.39 is 0 Å². The van der Waals surface area contributed by atoms with Crippen molar-refractivity contribution in [2.75, 3.05) is 12.8 Å². The second-order valence-corrected chi connectivity index (χ2v) is 4.84. The molecular weight excluding hydrogens is 264 g/mol. The van der Waals surface area contributed by atoms with E-state index in [9.17, 15) is 0 Å². The van der Waals surface area contributed by atoms with Crippen LogP contribution in [-0.2, 0) is 0 Å². The van der Waals surface area contributed by atoms with Crippen LogP contribution in [0.2, 0.25) is 0 Å². The van der Waals surface area contributed by atoms with Crippen LogP contribution in [0.5, 0.6) is 5.75 Å². The smallest absolute Gasteiger partial charge is 0.230 e. The molecule has 3 rings (SSSR count). The lowest BCUT2D eigenvalue weighted by Crippen LogP contribution is -1.92. The zero-order chi connectivity index (χ0) is 14.8. The zero-order valence-corrected chi connectivity index (χ0v) is 12.0. The van der Waals surface area contributed by atoms with Gasteiger partial charge in [-0.1, -0.05) is 53.2 Å². The van der Waals surface area contributed by atoms with Gasteiger partial charge in [0.05, 0.1) is 12.7 Å². The molecule has 0 atom stereocenters. The number of para-hydroxylation sites is 1. The van der Waals surface area contributed by atoms with Crippen LogP contribution in [0.25, 0.3) is 22.4 Å². The fourth-order valence-electron chi connectivity index (χ4n) is 2.32. The lowest BCUT2D eigenvalue weighted by molar-refractivity contribution is 0.416. The van der Waals surface area contributed by atoms with E-state index in [0.29, 0.717) is 0 Å². The molecule has 4 nitrogen and oxygen atoms in total. The molecule has 0 saturated carbocycles. The molecular formula is C17H16N2O2. The van der Waals surface area contributed by atoms with Crippen LogP contribution in [-0.4, -0.2) is 12.3 Å². The minimum atomic E-state index is 0.287. The molecule has 0 fully saturated rings. The Morgan fingerprint density at radius 1 is 1.05 bits per heavy atom. The van der Waals surface area contributed by atoms with Crippen molar-refractivity contribution in [3.05, 3.63) is 54.1 Å². The Morgan fingerprint density at radius 2 is 1.76 bits per heavy atom. The second kappa shape index (κ2) is 5.32. The van der Waals surface area contributed by atoms with Gasteiger partial charge in [-0.15, -0.1) is 0 Å². The van der Waals surface area contributed by atoms with Crippen LogP contribution >= 0.6 is 0 Å². The third-order valence-electron chi connectivity index (χ3n) is 3.42. The Morgan fingerprint density at radius 3 is 2.48 bits per heavy atom. The number of benzene rings is 2. The van der Waals surface area contributed by atoms with Crippen molar-refractivity contribution in [2.24, 2.45) is 0 Å². The molecule has 0 aliphatic carbocycles. The van der Waals surface area contributed by atoms with Crippen molar-refractivity contribution in [2.45, 2.75) is 6.92 Å². The van der Waals surface area contributed by atoms with E-state index in [4.69, 9.17) is 15.0 Å². The number of ether oxygens (including phenoxy) is 1. The maximum absolute atomic E-state index is 5.98. The lowest BCUT2D eigenvalue weighted by atomic mass is 9.99. The molecule has 0 amide bonds. The number of hydrogen-bond donors (Lipinski definition) is 1. The fraction of sp³-hybridized carbons (Fsp3) is 0.118. The average molecular weight is 280 g/mol. The van der Waals surface area contributed by atoms with E-state index in [1.165, 1.54) is 5.56 Å².